The third-order valence-electron chi connectivity index (χ3n) is 3.60. The first-order chi connectivity index (χ1) is 12.1. The second kappa shape index (κ2) is 9.04. The highest BCUT2D eigenvalue weighted by atomic mass is 16.4. The molecule has 0 fully saturated rings. The van der Waals surface area contributed by atoms with Crippen LogP contribution in [0.1, 0.15) is 27.9 Å². The van der Waals surface area contributed by atoms with Crippen molar-refractivity contribution in [2.24, 2.45) is 0 Å². The van der Waals surface area contributed by atoms with Crippen LogP contribution in [0, 0.1) is 11.3 Å². The third kappa shape index (κ3) is 5.63. The molecule has 0 heterocycles. The Bertz CT molecular complexity index is 803. The van der Waals surface area contributed by atoms with Crippen LogP contribution in [0.5, 0.6) is 0 Å². The quantitative estimate of drug-likeness (QED) is 0.462. The normalized spacial score (nSPS) is 10.8. The molecule has 0 aliphatic heterocycles. The molecule has 0 bridgehead atoms. The molecular weight excluding hydrogens is 316 g/mol. The van der Waals surface area contributed by atoms with E-state index >= 15 is 0 Å². The summed E-state index contributed by atoms with van der Waals surface area (Å²) in [5.74, 6) is -1.45. The zero-order chi connectivity index (χ0) is 18.1. The maximum absolute atomic E-state index is 12.1. The molecule has 0 aliphatic rings. The maximum Gasteiger partial charge on any atom is 0.335 e. The molecule has 0 radical (unpaired) electrons. The smallest absolute Gasteiger partial charge is 0.335 e. The zero-order valence-electron chi connectivity index (χ0n) is 13.6. The lowest BCUT2D eigenvalue weighted by molar-refractivity contribution is -0.117. The van der Waals surface area contributed by atoms with Crippen molar-refractivity contribution in [2.75, 3.05) is 6.54 Å². The Morgan fingerprint density at radius 3 is 2.36 bits per heavy atom. The van der Waals surface area contributed by atoms with Gasteiger partial charge in [0, 0.05) is 6.54 Å². The Hall–Kier alpha value is -3.39. The maximum atomic E-state index is 12.1. The van der Waals surface area contributed by atoms with Gasteiger partial charge in [-0.3, -0.25) is 4.79 Å². The number of hydrogen-bond donors (Lipinski definition) is 2. The second-order valence-electron chi connectivity index (χ2n) is 5.44. The monoisotopic (exact) mass is 334 g/mol. The lowest BCUT2D eigenvalue weighted by Gasteiger charge is -2.05. The molecule has 2 aromatic carbocycles. The molecule has 2 N–H and O–H groups in total. The van der Waals surface area contributed by atoms with Crippen LogP contribution in [0.2, 0.25) is 0 Å². The van der Waals surface area contributed by atoms with Crippen LogP contribution in [0.15, 0.2) is 60.2 Å². The molecule has 2 rings (SSSR count). The molecule has 0 spiro atoms. The number of hydrogen-bond acceptors (Lipinski definition) is 3. The van der Waals surface area contributed by atoms with E-state index in [0.717, 1.165) is 12.8 Å². The zero-order valence-corrected chi connectivity index (χ0v) is 13.6. The summed E-state index contributed by atoms with van der Waals surface area (Å²) >= 11 is 0. The van der Waals surface area contributed by atoms with Crippen molar-refractivity contribution in [3.8, 4) is 6.07 Å². The Labute approximate surface area is 146 Å². The van der Waals surface area contributed by atoms with Crippen molar-refractivity contribution in [1.82, 2.24) is 5.32 Å². The van der Waals surface area contributed by atoms with Crippen LogP contribution in [0.4, 0.5) is 0 Å². The highest BCUT2D eigenvalue weighted by molar-refractivity contribution is 6.01. The first-order valence-corrected chi connectivity index (χ1v) is 7.87. The summed E-state index contributed by atoms with van der Waals surface area (Å²) in [5.41, 5.74) is 1.94. The second-order valence-corrected chi connectivity index (χ2v) is 5.44. The molecule has 0 aliphatic carbocycles. The van der Waals surface area contributed by atoms with Gasteiger partial charge in [0.2, 0.25) is 0 Å². The molecule has 0 saturated heterocycles. The van der Waals surface area contributed by atoms with E-state index in [9.17, 15) is 9.59 Å². The Morgan fingerprint density at radius 1 is 1.08 bits per heavy atom. The minimum Gasteiger partial charge on any atom is -0.478 e. The number of carboxylic acid groups (broad SMARTS) is 1. The van der Waals surface area contributed by atoms with E-state index < -0.39 is 11.9 Å². The molecule has 1 amide bonds. The van der Waals surface area contributed by atoms with Gasteiger partial charge in [-0.15, -0.1) is 0 Å². The number of aromatic carboxylic acids is 1. The van der Waals surface area contributed by atoms with Gasteiger partial charge in [0.05, 0.1) is 5.56 Å². The lowest BCUT2D eigenvalue weighted by atomic mass is 10.1. The summed E-state index contributed by atoms with van der Waals surface area (Å²) in [5, 5.41) is 20.8. The number of carbonyl (C=O) groups excluding carboxylic acids is 1. The van der Waals surface area contributed by atoms with Gasteiger partial charge in [0.1, 0.15) is 11.6 Å². The lowest BCUT2D eigenvalue weighted by Crippen LogP contribution is -2.25. The van der Waals surface area contributed by atoms with E-state index in [-0.39, 0.29) is 11.1 Å². The Kier molecular flexibility index (Phi) is 6.49. The fourth-order valence-electron chi connectivity index (χ4n) is 2.27. The number of nitrogens with zero attached hydrogens (tertiary/aromatic N) is 1. The van der Waals surface area contributed by atoms with Gasteiger partial charge in [-0.25, -0.2) is 4.79 Å². The van der Waals surface area contributed by atoms with Crippen molar-refractivity contribution >= 4 is 18.0 Å². The molecule has 0 saturated carbocycles. The molecule has 0 atom stereocenters. The average molecular weight is 334 g/mol. The van der Waals surface area contributed by atoms with Crippen LogP contribution < -0.4 is 5.32 Å². The summed E-state index contributed by atoms with van der Waals surface area (Å²) in [6, 6.07) is 17.8. The molecule has 0 aromatic heterocycles. The van der Waals surface area contributed by atoms with Gasteiger partial charge >= 0.3 is 5.97 Å². The van der Waals surface area contributed by atoms with E-state index in [0.29, 0.717) is 12.1 Å². The van der Waals surface area contributed by atoms with Crippen LogP contribution in [-0.2, 0) is 11.2 Å². The predicted octanol–water partition coefficient (Wildman–Crippen LogP) is 3.04. The van der Waals surface area contributed by atoms with Crippen LogP contribution in [-0.4, -0.2) is 23.5 Å². The Balaban J connectivity index is 1.89. The van der Waals surface area contributed by atoms with Crippen molar-refractivity contribution in [2.45, 2.75) is 12.8 Å². The highest BCUT2D eigenvalue weighted by Crippen LogP contribution is 2.09. The molecule has 126 valence electrons. The summed E-state index contributed by atoms with van der Waals surface area (Å²) in [6.07, 6.45) is 3.07. The molecule has 2 aromatic rings. The van der Waals surface area contributed by atoms with Gasteiger partial charge in [-0.1, -0.05) is 42.5 Å². The summed E-state index contributed by atoms with van der Waals surface area (Å²) < 4.78 is 0. The third-order valence-corrected chi connectivity index (χ3v) is 3.60. The predicted molar refractivity (Wildman–Crippen MR) is 94.8 cm³/mol. The topological polar surface area (TPSA) is 90.2 Å². The van der Waals surface area contributed by atoms with Gasteiger partial charge in [-0.05, 0) is 42.2 Å². The number of benzene rings is 2. The molecule has 25 heavy (non-hydrogen) atoms. The first kappa shape index (κ1) is 18.0. The van der Waals surface area contributed by atoms with Crippen LogP contribution >= 0.6 is 0 Å². The number of nitrogens with one attached hydrogen (secondary N) is 1. The minimum absolute atomic E-state index is 0.0113. The van der Waals surface area contributed by atoms with Gasteiger partial charge in [0.15, 0.2) is 0 Å². The van der Waals surface area contributed by atoms with Crippen molar-refractivity contribution in [1.29, 1.82) is 5.26 Å². The van der Waals surface area contributed by atoms with Gasteiger partial charge in [-0.2, -0.15) is 5.26 Å². The molecule has 0 unspecified atom stereocenters. The average Bonchev–Trinajstić information content (AvgIpc) is 2.64. The number of amides is 1. The summed E-state index contributed by atoms with van der Waals surface area (Å²) in [4.78, 5) is 22.9. The number of carboxylic acids is 1. The van der Waals surface area contributed by atoms with Crippen molar-refractivity contribution in [3.05, 3.63) is 76.9 Å². The number of nitriles is 1. The fraction of sp³-hybridized carbons (Fsp3) is 0.150. The van der Waals surface area contributed by atoms with Gasteiger partial charge in [0.25, 0.3) is 5.91 Å². The minimum atomic E-state index is -1.02. The standard InChI is InChI=1S/C20H18N2O3/c21-14-18(13-16-8-10-17(11-9-16)20(24)25)19(23)22-12-4-7-15-5-2-1-3-6-15/h1-3,5-6,8-11,13H,4,7,12H2,(H,22,23)(H,24,25)/b18-13-. The largest absolute Gasteiger partial charge is 0.478 e. The molecule has 5 heteroatoms. The molecular formula is C20H18N2O3. The van der Waals surface area contributed by atoms with E-state index in [2.05, 4.69) is 5.32 Å². The van der Waals surface area contributed by atoms with E-state index in [1.165, 1.54) is 23.8 Å². The summed E-state index contributed by atoms with van der Waals surface area (Å²) in [6.45, 7) is 0.477. The van der Waals surface area contributed by atoms with Gasteiger partial charge < -0.3 is 10.4 Å². The van der Waals surface area contributed by atoms with Crippen molar-refractivity contribution in [3.63, 3.8) is 0 Å². The van der Waals surface area contributed by atoms with Crippen LogP contribution in [0.25, 0.3) is 6.08 Å². The fourth-order valence-corrected chi connectivity index (χ4v) is 2.27. The van der Waals surface area contributed by atoms with Crippen LogP contribution in [0.3, 0.4) is 0 Å². The SMILES string of the molecule is N#C/C(=C/c1ccc(C(=O)O)cc1)C(=O)NCCCc1ccccc1. The first-order valence-electron chi connectivity index (χ1n) is 7.87. The molecule has 5 nitrogen and oxygen atoms in total. The number of carbonyl (C=O) groups is 2. The summed E-state index contributed by atoms with van der Waals surface area (Å²) in [7, 11) is 0. The van der Waals surface area contributed by atoms with Crippen molar-refractivity contribution < 1.29 is 14.7 Å². The van der Waals surface area contributed by atoms with E-state index in [1.807, 2.05) is 36.4 Å². The Morgan fingerprint density at radius 2 is 1.76 bits per heavy atom. The number of rotatable bonds is 7. The van der Waals surface area contributed by atoms with E-state index in [4.69, 9.17) is 10.4 Å². The highest BCUT2D eigenvalue weighted by Gasteiger charge is 2.09. The number of aryl methyl sites for hydroxylation is 1. The van der Waals surface area contributed by atoms with E-state index in [1.54, 1.807) is 12.1 Å².